The van der Waals surface area contributed by atoms with Crippen molar-refractivity contribution in [2.24, 2.45) is 0 Å². The van der Waals surface area contributed by atoms with Gasteiger partial charge in [-0.2, -0.15) is 0 Å². The molecule has 0 unspecified atom stereocenters. The minimum absolute atomic E-state index is 0.314. The van der Waals surface area contributed by atoms with Gasteiger partial charge in [-0.3, -0.25) is 9.38 Å². The third kappa shape index (κ3) is 3.54. The zero-order chi connectivity index (χ0) is 20.8. The highest BCUT2D eigenvalue weighted by Gasteiger charge is 2.19. The van der Waals surface area contributed by atoms with Gasteiger partial charge in [-0.25, -0.2) is 13.4 Å². The number of imidazole rings is 1. The lowest BCUT2D eigenvalue weighted by molar-refractivity contribution is 0.587. The van der Waals surface area contributed by atoms with E-state index in [0.29, 0.717) is 15.6 Å². The standard InChI is InChI=1S/C22H20ClN3O2S/c1-14(2)29(27,28)19-8-6-16(7-9-19)21-12-25-22-20(23)10-18(13-26(21)22)17-5-4-15(3)24-11-17/h4-14H,1-3H3. The van der Waals surface area contributed by atoms with E-state index >= 15 is 0 Å². The number of benzene rings is 1. The Morgan fingerprint density at radius 2 is 1.62 bits per heavy atom. The van der Waals surface area contributed by atoms with E-state index in [1.54, 1.807) is 44.3 Å². The molecule has 7 heteroatoms. The quantitative estimate of drug-likeness (QED) is 0.450. The largest absolute Gasteiger partial charge is 0.298 e. The van der Waals surface area contributed by atoms with Gasteiger partial charge < -0.3 is 0 Å². The topological polar surface area (TPSA) is 64.3 Å². The molecule has 0 aliphatic rings. The number of hydrogen-bond donors (Lipinski definition) is 0. The summed E-state index contributed by atoms with van der Waals surface area (Å²) < 4.78 is 26.7. The van der Waals surface area contributed by atoms with Crippen LogP contribution < -0.4 is 0 Å². The fourth-order valence-electron chi connectivity index (χ4n) is 3.14. The predicted molar refractivity (Wildman–Crippen MR) is 116 cm³/mol. The summed E-state index contributed by atoms with van der Waals surface area (Å²) in [6, 6.07) is 12.7. The summed E-state index contributed by atoms with van der Waals surface area (Å²) in [5.74, 6) is 0. The number of hydrogen-bond acceptors (Lipinski definition) is 4. The maximum absolute atomic E-state index is 12.4. The van der Waals surface area contributed by atoms with E-state index in [1.165, 1.54) is 0 Å². The molecule has 0 radical (unpaired) electrons. The third-order valence-electron chi connectivity index (χ3n) is 4.90. The van der Waals surface area contributed by atoms with Crippen LogP contribution >= 0.6 is 11.6 Å². The molecule has 3 aromatic heterocycles. The molecule has 0 fully saturated rings. The van der Waals surface area contributed by atoms with Crippen molar-refractivity contribution in [3.8, 4) is 22.4 Å². The number of sulfone groups is 1. The van der Waals surface area contributed by atoms with Crippen molar-refractivity contribution < 1.29 is 8.42 Å². The molecule has 0 saturated heterocycles. The Hall–Kier alpha value is -2.70. The van der Waals surface area contributed by atoms with Crippen molar-refractivity contribution >= 4 is 27.1 Å². The third-order valence-corrected chi connectivity index (χ3v) is 7.35. The number of fused-ring (bicyclic) bond motifs is 1. The monoisotopic (exact) mass is 425 g/mol. The molecule has 0 aliphatic heterocycles. The van der Waals surface area contributed by atoms with Gasteiger partial charge in [-0.05, 0) is 45.0 Å². The van der Waals surface area contributed by atoms with Crippen molar-refractivity contribution in [2.45, 2.75) is 30.9 Å². The zero-order valence-electron chi connectivity index (χ0n) is 16.3. The first-order chi connectivity index (χ1) is 13.8. The average molecular weight is 426 g/mol. The second-order valence-corrected chi connectivity index (χ2v) is 10.1. The first-order valence-electron chi connectivity index (χ1n) is 9.21. The average Bonchev–Trinajstić information content (AvgIpc) is 3.13. The SMILES string of the molecule is Cc1ccc(-c2cc(Cl)c3ncc(-c4ccc(S(=O)(=O)C(C)C)cc4)n3c2)cn1. The highest BCUT2D eigenvalue weighted by Crippen LogP contribution is 2.30. The summed E-state index contributed by atoms with van der Waals surface area (Å²) in [5, 5.41) is 0.0713. The highest BCUT2D eigenvalue weighted by atomic mass is 35.5. The predicted octanol–water partition coefficient (Wildman–Crippen LogP) is 5.21. The molecule has 0 spiro atoms. The summed E-state index contributed by atoms with van der Waals surface area (Å²) in [6.07, 6.45) is 5.52. The molecule has 0 atom stereocenters. The number of pyridine rings is 2. The summed E-state index contributed by atoms with van der Waals surface area (Å²) in [7, 11) is -3.31. The van der Waals surface area contributed by atoms with E-state index in [2.05, 4.69) is 9.97 Å². The van der Waals surface area contributed by atoms with Crippen LogP contribution in [-0.2, 0) is 9.84 Å². The lowest BCUT2D eigenvalue weighted by Gasteiger charge is -2.10. The smallest absolute Gasteiger partial charge is 0.180 e. The number of rotatable bonds is 4. The van der Waals surface area contributed by atoms with Crippen LogP contribution in [0.1, 0.15) is 19.5 Å². The van der Waals surface area contributed by atoms with Gasteiger partial charge in [0.25, 0.3) is 0 Å². The lowest BCUT2D eigenvalue weighted by Crippen LogP contribution is -2.13. The molecule has 29 heavy (non-hydrogen) atoms. The Bertz CT molecular complexity index is 1290. The molecule has 5 nitrogen and oxygen atoms in total. The van der Waals surface area contributed by atoms with E-state index in [4.69, 9.17) is 11.6 Å². The molecule has 0 N–H and O–H groups in total. The van der Waals surface area contributed by atoms with E-state index in [-0.39, 0.29) is 0 Å². The van der Waals surface area contributed by atoms with E-state index in [9.17, 15) is 8.42 Å². The van der Waals surface area contributed by atoms with Gasteiger partial charge in [0.1, 0.15) is 0 Å². The number of halogens is 1. The maximum atomic E-state index is 12.4. The minimum atomic E-state index is -3.31. The van der Waals surface area contributed by atoms with Crippen LogP contribution in [0, 0.1) is 6.92 Å². The molecule has 0 saturated carbocycles. The van der Waals surface area contributed by atoms with Crippen LogP contribution in [-0.4, -0.2) is 28.0 Å². The van der Waals surface area contributed by atoms with Crippen molar-refractivity contribution in [3.63, 3.8) is 0 Å². The fraction of sp³-hybridized carbons (Fsp3) is 0.182. The first kappa shape index (κ1) is 19.6. The van der Waals surface area contributed by atoms with Gasteiger partial charge in [0.2, 0.25) is 0 Å². The number of nitrogens with zero attached hydrogens (tertiary/aromatic N) is 3. The second-order valence-electron chi connectivity index (χ2n) is 7.22. The molecule has 0 amide bonds. The van der Waals surface area contributed by atoms with Crippen LogP contribution in [0.2, 0.25) is 5.02 Å². The number of aryl methyl sites for hydroxylation is 1. The van der Waals surface area contributed by atoms with Gasteiger partial charge in [0.15, 0.2) is 15.5 Å². The van der Waals surface area contributed by atoms with Crippen LogP contribution in [0.15, 0.2) is 66.0 Å². The molecule has 148 valence electrons. The molecule has 3 heterocycles. The molecule has 0 aliphatic carbocycles. The fourth-order valence-corrected chi connectivity index (χ4v) is 4.46. The molecule has 4 aromatic rings. The zero-order valence-corrected chi connectivity index (χ0v) is 17.9. The Labute approximate surface area is 174 Å². The van der Waals surface area contributed by atoms with Crippen LogP contribution in [0.5, 0.6) is 0 Å². The first-order valence-corrected chi connectivity index (χ1v) is 11.1. The van der Waals surface area contributed by atoms with E-state index in [1.807, 2.05) is 41.9 Å². The van der Waals surface area contributed by atoms with Crippen LogP contribution in [0.25, 0.3) is 28.0 Å². The summed E-state index contributed by atoms with van der Waals surface area (Å²) in [6.45, 7) is 5.30. The Balaban J connectivity index is 1.81. The molecular weight excluding hydrogens is 406 g/mol. The minimum Gasteiger partial charge on any atom is -0.298 e. The Morgan fingerprint density at radius 3 is 2.24 bits per heavy atom. The summed E-state index contributed by atoms with van der Waals surface area (Å²) in [4.78, 5) is 9.11. The van der Waals surface area contributed by atoms with Gasteiger partial charge in [0.05, 0.1) is 27.1 Å². The van der Waals surface area contributed by atoms with E-state index < -0.39 is 15.1 Å². The van der Waals surface area contributed by atoms with Crippen LogP contribution in [0.3, 0.4) is 0 Å². The summed E-state index contributed by atoms with van der Waals surface area (Å²) >= 11 is 6.48. The van der Waals surface area contributed by atoms with Crippen molar-refractivity contribution in [1.82, 2.24) is 14.4 Å². The van der Waals surface area contributed by atoms with Crippen molar-refractivity contribution in [1.29, 1.82) is 0 Å². The van der Waals surface area contributed by atoms with Crippen molar-refractivity contribution in [2.75, 3.05) is 0 Å². The van der Waals surface area contributed by atoms with Gasteiger partial charge in [-0.1, -0.05) is 29.8 Å². The van der Waals surface area contributed by atoms with Gasteiger partial charge in [0, 0.05) is 34.8 Å². The second kappa shape index (κ2) is 7.28. The van der Waals surface area contributed by atoms with Gasteiger partial charge in [-0.15, -0.1) is 0 Å². The highest BCUT2D eigenvalue weighted by molar-refractivity contribution is 7.92. The molecule has 4 rings (SSSR count). The van der Waals surface area contributed by atoms with Crippen molar-refractivity contribution in [3.05, 3.63) is 71.8 Å². The maximum Gasteiger partial charge on any atom is 0.180 e. The Kier molecular flexibility index (Phi) is 4.92. The van der Waals surface area contributed by atoms with Gasteiger partial charge >= 0.3 is 0 Å². The van der Waals surface area contributed by atoms with Crippen LogP contribution in [0.4, 0.5) is 0 Å². The normalized spacial score (nSPS) is 12.0. The lowest BCUT2D eigenvalue weighted by atomic mass is 10.1. The molecule has 1 aromatic carbocycles. The molecule has 0 bridgehead atoms. The van der Waals surface area contributed by atoms with E-state index in [0.717, 1.165) is 28.1 Å². The summed E-state index contributed by atoms with van der Waals surface area (Å²) in [5.41, 5.74) is 5.16. The number of aromatic nitrogens is 3. The Morgan fingerprint density at radius 1 is 0.931 bits per heavy atom. The molecular formula is C22H20ClN3O2S.